The molecule has 0 N–H and O–H groups in total. The standard InChI is InChI=1S/C17H26O2/c1-4-5-6-7-8-9-10-16-11-12-17(14(2)13-16)19-15(3)18/h11-13H,4-10H2,1-3H3. The number of unbranched alkanes of at least 4 members (excludes halogenated alkanes) is 5. The Hall–Kier alpha value is -1.31. The van der Waals surface area contributed by atoms with E-state index in [9.17, 15) is 4.79 Å². The van der Waals surface area contributed by atoms with Crippen molar-refractivity contribution in [2.75, 3.05) is 0 Å². The van der Waals surface area contributed by atoms with Gasteiger partial charge in [0.1, 0.15) is 5.75 Å². The zero-order chi connectivity index (χ0) is 14.1. The van der Waals surface area contributed by atoms with Crippen molar-refractivity contribution in [2.24, 2.45) is 0 Å². The molecule has 1 aromatic carbocycles. The van der Waals surface area contributed by atoms with Crippen LogP contribution >= 0.6 is 0 Å². The smallest absolute Gasteiger partial charge is 0.308 e. The summed E-state index contributed by atoms with van der Waals surface area (Å²) in [5.74, 6) is 0.422. The Labute approximate surface area is 117 Å². The maximum Gasteiger partial charge on any atom is 0.308 e. The van der Waals surface area contributed by atoms with Crippen LogP contribution in [0.15, 0.2) is 18.2 Å². The van der Waals surface area contributed by atoms with Gasteiger partial charge in [0.05, 0.1) is 0 Å². The fourth-order valence-corrected chi connectivity index (χ4v) is 2.25. The minimum absolute atomic E-state index is 0.258. The van der Waals surface area contributed by atoms with E-state index in [1.54, 1.807) is 0 Å². The van der Waals surface area contributed by atoms with Crippen molar-refractivity contribution in [3.8, 4) is 5.75 Å². The van der Waals surface area contributed by atoms with Gasteiger partial charge in [0, 0.05) is 6.92 Å². The van der Waals surface area contributed by atoms with Crippen LogP contribution in [-0.4, -0.2) is 5.97 Å². The molecule has 1 aromatic rings. The molecule has 0 heterocycles. The maximum absolute atomic E-state index is 10.9. The summed E-state index contributed by atoms with van der Waals surface area (Å²) < 4.78 is 5.13. The number of hydrogen-bond donors (Lipinski definition) is 0. The van der Waals surface area contributed by atoms with Crippen molar-refractivity contribution in [1.29, 1.82) is 0 Å². The van der Waals surface area contributed by atoms with E-state index in [2.05, 4.69) is 19.1 Å². The van der Waals surface area contributed by atoms with E-state index in [-0.39, 0.29) is 5.97 Å². The first kappa shape index (κ1) is 15.7. The summed E-state index contributed by atoms with van der Waals surface area (Å²) in [5.41, 5.74) is 2.38. The molecule has 0 atom stereocenters. The molecule has 2 nitrogen and oxygen atoms in total. The molecule has 0 unspecified atom stereocenters. The third kappa shape index (κ3) is 6.42. The topological polar surface area (TPSA) is 26.3 Å². The van der Waals surface area contributed by atoms with Crippen LogP contribution in [0.2, 0.25) is 0 Å². The fourth-order valence-electron chi connectivity index (χ4n) is 2.25. The van der Waals surface area contributed by atoms with Crippen molar-refractivity contribution >= 4 is 5.97 Å². The van der Waals surface area contributed by atoms with Gasteiger partial charge in [0.25, 0.3) is 0 Å². The monoisotopic (exact) mass is 262 g/mol. The highest BCUT2D eigenvalue weighted by Crippen LogP contribution is 2.20. The van der Waals surface area contributed by atoms with Crippen LogP contribution in [0, 0.1) is 6.92 Å². The molecule has 0 spiro atoms. The van der Waals surface area contributed by atoms with Gasteiger partial charge in [-0.15, -0.1) is 0 Å². The van der Waals surface area contributed by atoms with Crippen LogP contribution < -0.4 is 4.74 Å². The quantitative estimate of drug-likeness (QED) is 0.381. The normalized spacial score (nSPS) is 10.5. The number of benzene rings is 1. The lowest BCUT2D eigenvalue weighted by molar-refractivity contribution is -0.131. The summed E-state index contributed by atoms with van der Waals surface area (Å²) in [5, 5.41) is 0. The second-order valence-corrected chi connectivity index (χ2v) is 5.21. The molecular weight excluding hydrogens is 236 g/mol. The van der Waals surface area contributed by atoms with Gasteiger partial charge in [-0.25, -0.2) is 0 Å². The summed E-state index contributed by atoms with van der Waals surface area (Å²) in [4.78, 5) is 10.9. The molecule has 0 aliphatic rings. The Morgan fingerprint density at radius 1 is 1.11 bits per heavy atom. The van der Waals surface area contributed by atoms with E-state index < -0.39 is 0 Å². The summed E-state index contributed by atoms with van der Waals surface area (Å²) >= 11 is 0. The summed E-state index contributed by atoms with van der Waals surface area (Å²) in [6, 6.07) is 6.10. The molecular formula is C17H26O2. The van der Waals surface area contributed by atoms with Gasteiger partial charge in [-0.3, -0.25) is 4.79 Å². The third-order valence-corrected chi connectivity index (χ3v) is 3.31. The van der Waals surface area contributed by atoms with E-state index in [4.69, 9.17) is 4.74 Å². The molecule has 0 amide bonds. The molecule has 0 saturated heterocycles. The highest BCUT2D eigenvalue weighted by molar-refractivity contribution is 5.69. The Kier molecular flexibility index (Phi) is 7.24. The Morgan fingerprint density at radius 3 is 2.42 bits per heavy atom. The van der Waals surface area contributed by atoms with Gasteiger partial charge in [-0.1, -0.05) is 51.2 Å². The lowest BCUT2D eigenvalue weighted by Crippen LogP contribution is -2.03. The van der Waals surface area contributed by atoms with Crippen molar-refractivity contribution in [1.82, 2.24) is 0 Å². The zero-order valence-corrected chi connectivity index (χ0v) is 12.5. The van der Waals surface area contributed by atoms with Crippen LogP contribution in [0.3, 0.4) is 0 Å². The molecule has 0 aliphatic heterocycles. The van der Waals surface area contributed by atoms with Crippen molar-refractivity contribution in [3.63, 3.8) is 0 Å². The molecule has 1 rings (SSSR count). The summed E-state index contributed by atoms with van der Waals surface area (Å²) in [6.07, 6.45) is 9.04. The molecule has 0 aliphatic carbocycles. The lowest BCUT2D eigenvalue weighted by atomic mass is 10.0. The van der Waals surface area contributed by atoms with Crippen LogP contribution in [0.25, 0.3) is 0 Å². The highest BCUT2D eigenvalue weighted by Gasteiger charge is 2.03. The minimum Gasteiger partial charge on any atom is -0.426 e. The van der Waals surface area contributed by atoms with E-state index in [0.29, 0.717) is 5.75 Å². The molecule has 0 aromatic heterocycles. The van der Waals surface area contributed by atoms with E-state index in [1.165, 1.54) is 51.0 Å². The van der Waals surface area contributed by atoms with Crippen LogP contribution in [0.4, 0.5) is 0 Å². The second-order valence-electron chi connectivity index (χ2n) is 5.21. The number of rotatable bonds is 8. The predicted octanol–water partition coefficient (Wildman–Crippen LogP) is 4.82. The van der Waals surface area contributed by atoms with Gasteiger partial charge in [-0.2, -0.15) is 0 Å². The third-order valence-electron chi connectivity index (χ3n) is 3.31. The second kappa shape index (κ2) is 8.73. The SMILES string of the molecule is CCCCCCCCc1ccc(OC(C)=O)c(C)c1. The zero-order valence-electron chi connectivity index (χ0n) is 12.5. The number of carbonyl (C=O) groups is 1. The van der Waals surface area contributed by atoms with Gasteiger partial charge >= 0.3 is 5.97 Å². The molecule has 106 valence electrons. The Balaban J connectivity index is 2.35. The first-order valence-corrected chi connectivity index (χ1v) is 7.41. The molecule has 19 heavy (non-hydrogen) atoms. The number of hydrogen-bond acceptors (Lipinski definition) is 2. The summed E-state index contributed by atoms with van der Waals surface area (Å²) in [7, 11) is 0. The first-order valence-electron chi connectivity index (χ1n) is 7.41. The number of ether oxygens (including phenoxy) is 1. The number of aryl methyl sites for hydroxylation is 2. The average molecular weight is 262 g/mol. The molecule has 0 radical (unpaired) electrons. The lowest BCUT2D eigenvalue weighted by Gasteiger charge is -2.08. The van der Waals surface area contributed by atoms with Crippen molar-refractivity contribution in [2.45, 2.75) is 65.7 Å². The van der Waals surface area contributed by atoms with Gasteiger partial charge in [0.15, 0.2) is 0 Å². The maximum atomic E-state index is 10.9. The number of carbonyl (C=O) groups excluding carboxylic acids is 1. The molecule has 0 saturated carbocycles. The first-order chi connectivity index (χ1) is 9.13. The van der Waals surface area contributed by atoms with Crippen LogP contribution in [-0.2, 0) is 11.2 Å². The van der Waals surface area contributed by atoms with E-state index in [1.807, 2.05) is 13.0 Å². The van der Waals surface area contributed by atoms with Crippen molar-refractivity contribution < 1.29 is 9.53 Å². The van der Waals surface area contributed by atoms with Crippen LogP contribution in [0.1, 0.15) is 63.5 Å². The van der Waals surface area contributed by atoms with E-state index >= 15 is 0 Å². The largest absolute Gasteiger partial charge is 0.426 e. The minimum atomic E-state index is -0.258. The molecule has 0 bridgehead atoms. The van der Waals surface area contributed by atoms with Gasteiger partial charge in [-0.05, 0) is 37.0 Å². The molecule has 2 heteroatoms. The number of esters is 1. The van der Waals surface area contributed by atoms with Crippen LogP contribution in [0.5, 0.6) is 5.75 Å². The highest BCUT2D eigenvalue weighted by atomic mass is 16.5. The van der Waals surface area contributed by atoms with Crippen molar-refractivity contribution in [3.05, 3.63) is 29.3 Å². The Bertz CT molecular complexity index is 396. The molecule has 0 fully saturated rings. The fraction of sp³-hybridized carbons (Fsp3) is 0.588. The van der Waals surface area contributed by atoms with E-state index in [0.717, 1.165) is 12.0 Å². The van der Waals surface area contributed by atoms with Gasteiger partial charge in [0.2, 0.25) is 0 Å². The predicted molar refractivity (Wildman–Crippen MR) is 79.6 cm³/mol. The average Bonchev–Trinajstić information content (AvgIpc) is 2.36. The Morgan fingerprint density at radius 2 is 1.79 bits per heavy atom. The van der Waals surface area contributed by atoms with Gasteiger partial charge < -0.3 is 4.74 Å². The summed E-state index contributed by atoms with van der Waals surface area (Å²) in [6.45, 7) is 5.67.